The number of nitrogens with one attached hydrogen (secondary N) is 2. The Morgan fingerprint density at radius 3 is 2.46 bits per heavy atom. The number of rotatable bonds is 4. The number of nitrogens with zero attached hydrogens (tertiary/aromatic N) is 1. The molecule has 0 bridgehead atoms. The Morgan fingerprint density at radius 2 is 1.81 bits per heavy atom. The standard InChI is InChI=1S/C19H18ClN3O3/c1-12(24)21-15-5-7-17(8-6-15)23-11-13(9-18(23)25)19(26)22-16-4-2-3-14(20)10-16/h2-8,10,13H,9,11H2,1H3,(H,21,24)(H,22,26). The van der Waals surface area contributed by atoms with E-state index in [0.717, 1.165) is 0 Å². The largest absolute Gasteiger partial charge is 0.326 e. The van der Waals surface area contributed by atoms with Crippen LogP contribution in [0.2, 0.25) is 5.02 Å². The Bertz CT molecular complexity index is 851. The fourth-order valence-corrected chi connectivity index (χ4v) is 3.06. The first-order valence-corrected chi connectivity index (χ1v) is 8.54. The third-order valence-electron chi connectivity index (χ3n) is 4.09. The van der Waals surface area contributed by atoms with E-state index in [4.69, 9.17) is 11.6 Å². The molecule has 0 aromatic heterocycles. The number of halogens is 1. The maximum Gasteiger partial charge on any atom is 0.229 e. The Kier molecular flexibility index (Phi) is 5.23. The van der Waals surface area contributed by atoms with E-state index in [-0.39, 0.29) is 24.1 Å². The van der Waals surface area contributed by atoms with Crippen molar-refractivity contribution in [1.29, 1.82) is 0 Å². The summed E-state index contributed by atoms with van der Waals surface area (Å²) in [4.78, 5) is 37.4. The molecule has 2 aromatic carbocycles. The monoisotopic (exact) mass is 371 g/mol. The van der Waals surface area contributed by atoms with Crippen molar-refractivity contribution in [2.24, 2.45) is 5.92 Å². The Labute approximate surface area is 156 Å². The maximum absolute atomic E-state index is 12.4. The van der Waals surface area contributed by atoms with Gasteiger partial charge in [0, 0.05) is 42.0 Å². The van der Waals surface area contributed by atoms with Gasteiger partial charge in [-0.1, -0.05) is 17.7 Å². The molecule has 134 valence electrons. The van der Waals surface area contributed by atoms with Gasteiger partial charge in [0.2, 0.25) is 17.7 Å². The molecule has 3 rings (SSSR count). The Balaban J connectivity index is 1.66. The van der Waals surface area contributed by atoms with Crippen LogP contribution in [0.5, 0.6) is 0 Å². The minimum Gasteiger partial charge on any atom is -0.326 e. The molecule has 1 aliphatic rings. The summed E-state index contributed by atoms with van der Waals surface area (Å²) in [6.07, 6.45) is 0.153. The van der Waals surface area contributed by atoms with Gasteiger partial charge in [-0.3, -0.25) is 14.4 Å². The first-order chi connectivity index (χ1) is 12.4. The molecule has 2 aromatic rings. The smallest absolute Gasteiger partial charge is 0.229 e. The predicted octanol–water partition coefficient (Wildman–Crippen LogP) is 3.29. The normalized spacial score (nSPS) is 16.5. The second-order valence-electron chi connectivity index (χ2n) is 6.13. The quantitative estimate of drug-likeness (QED) is 0.865. The van der Waals surface area contributed by atoms with E-state index >= 15 is 0 Å². The van der Waals surface area contributed by atoms with E-state index in [1.807, 2.05) is 0 Å². The first-order valence-electron chi connectivity index (χ1n) is 8.17. The van der Waals surface area contributed by atoms with Crippen molar-refractivity contribution in [3.63, 3.8) is 0 Å². The zero-order valence-corrected chi connectivity index (χ0v) is 14.9. The van der Waals surface area contributed by atoms with Crippen molar-refractivity contribution >= 4 is 46.4 Å². The van der Waals surface area contributed by atoms with Crippen molar-refractivity contribution in [3.05, 3.63) is 53.6 Å². The van der Waals surface area contributed by atoms with Crippen LogP contribution in [-0.4, -0.2) is 24.3 Å². The molecule has 26 heavy (non-hydrogen) atoms. The van der Waals surface area contributed by atoms with Crippen molar-refractivity contribution in [2.45, 2.75) is 13.3 Å². The van der Waals surface area contributed by atoms with Crippen LogP contribution in [0.15, 0.2) is 48.5 Å². The topological polar surface area (TPSA) is 78.5 Å². The van der Waals surface area contributed by atoms with Gasteiger partial charge in [-0.25, -0.2) is 0 Å². The molecule has 1 heterocycles. The highest BCUT2D eigenvalue weighted by molar-refractivity contribution is 6.30. The minimum atomic E-state index is -0.434. The van der Waals surface area contributed by atoms with Crippen molar-refractivity contribution in [3.8, 4) is 0 Å². The molecule has 1 aliphatic heterocycles. The highest BCUT2D eigenvalue weighted by Crippen LogP contribution is 2.27. The van der Waals surface area contributed by atoms with Crippen molar-refractivity contribution in [1.82, 2.24) is 0 Å². The molecule has 1 atom stereocenters. The lowest BCUT2D eigenvalue weighted by Gasteiger charge is -2.17. The summed E-state index contributed by atoms with van der Waals surface area (Å²) in [7, 11) is 0. The van der Waals surface area contributed by atoms with Gasteiger partial charge in [0.15, 0.2) is 0 Å². The van der Waals surface area contributed by atoms with Crippen LogP contribution in [0.1, 0.15) is 13.3 Å². The molecule has 0 radical (unpaired) electrons. The second-order valence-corrected chi connectivity index (χ2v) is 6.57. The molecule has 3 amide bonds. The molecule has 1 fully saturated rings. The lowest BCUT2D eigenvalue weighted by atomic mass is 10.1. The molecule has 1 saturated heterocycles. The number of carbonyl (C=O) groups is 3. The van der Waals surface area contributed by atoms with Crippen LogP contribution < -0.4 is 15.5 Å². The zero-order chi connectivity index (χ0) is 18.7. The van der Waals surface area contributed by atoms with Gasteiger partial charge in [0.25, 0.3) is 0 Å². The third kappa shape index (κ3) is 4.21. The number of anilines is 3. The molecule has 0 spiro atoms. The van der Waals surface area contributed by atoms with E-state index in [2.05, 4.69) is 10.6 Å². The first kappa shape index (κ1) is 17.9. The van der Waals surface area contributed by atoms with Gasteiger partial charge in [-0.15, -0.1) is 0 Å². The zero-order valence-electron chi connectivity index (χ0n) is 14.2. The summed E-state index contributed by atoms with van der Waals surface area (Å²) in [6, 6.07) is 13.8. The van der Waals surface area contributed by atoms with E-state index in [1.165, 1.54) is 6.92 Å². The Hall–Kier alpha value is -2.86. The van der Waals surface area contributed by atoms with Crippen LogP contribution in [0.4, 0.5) is 17.1 Å². The third-order valence-corrected chi connectivity index (χ3v) is 4.32. The van der Waals surface area contributed by atoms with E-state index in [0.29, 0.717) is 28.6 Å². The number of carbonyl (C=O) groups excluding carboxylic acids is 3. The predicted molar refractivity (Wildman–Crippen MR) is 101 cm³/mol. The SMILES string of the molecule is CC(=O)Nc1ccc(N2CC(C(=O)Nc3cccc(Cl)c3)CC2=O)cc1. The average Bonchev–Trinajstić information content (AvgIpc) is 2.97. The van der Waals surface area contributed by atoms with Gasteiger partial charge < -0.3 is 15.5 Å². The van der Waals surface area contributed by atoms with Gasteiger partial charge in [0.05, 0.1) is 5.92 Å². The molecular weight excluding hydrogens is 354 g/mol. The maximum atomic E-state index is 12.4. The summed E-state index contributed by atoms with van der Waals surface area (Å²) in [5.74, 6) is -0.911. The van der Waals surface area contributed by atoms with Crippen molar-refractivity contribution in [2.75, 3.05) is 22.1 Å². The van der Waals surface area contributed by atoms with Crippen LogP contribution in [-0.2, 0) is 14.4 Å². The van der Waals surface area contributed by atoms with E-state index in [1.54, 1.807) is 53.4 Å². The highest BCUT2D eigenvalue weighted by atomic mass is 35.5. The Morgan fingerprint density at radius 1 is 1.08 bits per heavy atom. The van der Waals surface area contributed by atoms with Gasteiger partial charge in [-0.05, 0) is 42.5 Å². The summed E-state index contributed by atoms with van der Waals surface area (Å²) in [5, 5.41) is 6.01. The minimum absolute atomic E-state index is 0.108. The fourth-order valence-electron chi connectivity index (χ4n) is 2.87. The summed E-state index contributed by atoms with van der Waals surface area (Å²) >= 11 is 5.92. The lowest BCUT2D eigenvalue weighted by molar-refractivity contribution is -0.122. The summed E-state index contributed by atoms with van der Waals surface area (Å²) in [6.45, 7) is 1.74. The number of amides is 3. The molecule has 0 saturated carbocycles. The number of hydrogen-bond acceptors (Lipinski definition) is 3. The van der Waals surface area contributed by atoms with E-state index in [9.17, 15) is 14.4 Å². The van der Waals surface area contributed by atoms with Gasteiger partial charge in [-0.2, -0.15) is 0 Å². The van der Waals surface area contributed by atoms with Gasteiger partial charge >= 0.3 is 0 Å². The second kappa shape index (κ2) is 7.58. The number of hydrogen-bond donors (Lipinski definition) is 2. The van der Waals surface area contributed by atoms with Crippen LogP contribution >= 0.6 is 11.6 Å². The molecule has 6 nitrogen and oxygen atoms in total. The van der Waals surface area contributed by atoms with Gasteiger partial charge in [0.1, 0.15) is 0 Å². The highest BCUT2D eigenvalue weighted by Gasteiger charge is 2.35. The molecule has 2 N–H and O–H groups in total. The summed E-state index contributed by atoms with van der Waals surface area (Å²) in [5.41, 5.74) is 1.96. The lowest BCUT2D eigenvalue weighted by Crippen LogP contribution is -2.28. The van der Waals surface area contributed by atoms with Crippen molar-refractivity contribution < 1.29 is 14.4 Å². The van der Waals surface area contributed by atoms with Crippen LogP contribution in [0, 0.1) is 5.92 Å². The van der Waals surface area contributed by atoms with Crippen LogP contribution in [0.3, 0.4) is 0 Å². The molecule has 0 aliphatic carbocycles. The van der Waals surface area contributed by atoms with E-state index < -0.39 is 5.92 Å². The summed E-state index contributed by atoms with van der Waals surface area (Å²) < 4.78 is 0. The number of benzene rings is 2. The molecule has 1 unspecified atom stereocenters. The van der Waals surface area contributed by atoms with Crippen LogP contribution in [0.25, 0.3) is 0 Å². The fraction of sp³-hybridized carbons (Fsp3) is 0.211. The molecule has 7 heteroatoms. The average molecular weight is 372 g/mol. The molecular formula is C19H18ClN3O3.